The van der Waals surface area contributed by atoms with Gasteiger partial charge in [-0.1, -0.05) is 0 Å². The Labute approximate surface area is 79.5 Å². The number of aliphatic hydroxyl groups is 1. The molecule has 0 bridgehead atoms. The molecule has 0 saturated heterocycles. The molecule has 0 fully saturated rings. The van der Waals surface area contributed by atoms with Crippen molar-refractivity contribution in [1.82, 2.24) is 14.5 Å². The Bertz CT molecular complexity index is 343. The SMILES string of the molecule is OC(Cn1ccnc1)c1cscn1. The van der Waals surface area contributed by atoms with Crippen molar-refractivity contribution in [3.63, 3.8) is 0 Å². The van der Waals surface area contributed by atoms with Gasteiger partial charge in [0, 0.05) is 17.8 Å². The molecule has 0 amide bonds. The predicted octanol–water partition coefficient (Wildman–Crippen LogP) is 1.07. The fourth-order valence-electron chi connectivity index (χ4n) is 1.07. The van der Waals surface area contributed by atoms with Gasteiger partial charge in [0.25, 0.3) is 0 Å². The molecule has 68 valence electrons. The first-order valence-corrected chi connectivity index (χ1v) is 4.82. The second kappa shape index (κ2) is 3.68. The van der Waals surface area contributed by atoms with E-state index in [1.165, 1.54) is 11.3 Å². The molecular formula is C8H9N3OS. The van der Waals surface area contributed by atoms with E-state index < -0.39 is 6.10 Å². The number of aromatic nitrogens is 3. The van der Waals surface area contributed by atoms with Crippen LogP contribution in [-0.4, -0.2) is 19.6 Å². The summed E-state index contributed by atoms with van der Waals surface area (Å²) < 4.78 is 1.82. The normalized spacial score (nSPS) is 13.0. The lowest BCUT2D eigenvalue weighted by atomic mass is 10.3. The summed E-state index contributed by atoms with van der Waals surface area (Å²) in [6.07, 6.45) is 4.64. The Hall–Kier alpha value is -1.20. The first-order chi connectivity index (χ1) is 6.36. The summed E-state index contributed by atoms with van der Waals surface area (Å²) in [7, 11) is 0. The number of hydrogen-bond donors (Lipinski definition) is 1. The molecule has 1 N–H and O–H groups in total. The van der Waals surface area contributed by atoms with E-state index in [1.54, 1.807) is 18.0 Å². The van der Waals surface area contributed by atoms with Crippen molar-refractivity contribution in [3.05, 3.63) is 35.3 Å². The number of hydrogen-bond acceptors (Lipinski definition) is 4. The minimum absolute atomic E-state index is 0.504. The smallest absolute Gasteiger partial charge is 0.115 e. The van der Waals surface area contributed by atoms with E-state index in [0.29, 0.717) is 6.54 Å². The van der Waals surface area contributed by atoms with Crippen LogP contribution in [0, 0.1) is 0 Å². The lowest BCUT2D eigenvalue weighted by molar-refractivity contribution is 0.152. The molecule has 0 saturated carbocycles. The van der Waals surface area contributed by atoms with Crippen molar-refractivity contribution in [2.45, 2.75) is 12.6 Å². The van der Waals surface area contributed by atoms with Gasteiger partial charge in [-0.05, 0) is 0 Å². The lowest BCUT2D eigenvalue weighted by Gasteiger charge is -2.07. The second-order valence-electron chi connectivity index (χ2n) is 2.69. The molecule has 4 nitrogen and oxygen atoms in total. The van der Waals surface area contributed by atoms with Gasteiger partial charge >= 0.3 is 0 Å². The fourth-order valence-corrected chi connectivity index (χ4v) is 1.68. The van der Waals surface area contributed by atoms with Gasteiger partial charge in [0.1, 0.15) is 6.10 Å². The van der Waals surface area contributed by atoms with Gasteiger partial charge in [-0.25, -0.2) is 9.97 Å². The van der Waals surface area contributed by atoms with Crippen LogP contribution in [0.15, 0.2) is 29.6 Å². The molecule has 0 aliphatic rings. The van der Waals surface area contributed by atoms with E-state index in [0.717, 1.165) is 5.69 Å². The molecule has 0 aliphatic carbocycles. The van der Waals surface area contributed by atoms with Gasteiger partial charge in [0.05, 0.1) is 24.1 Å². The van der Waals surface area contributed by atoms with Gasteiger partial charge in [0.2, 0.25) is 0 Å². The summed E-state index contributed by atoms with van der Waals surface area (Å²) in [4.78, 5) is 7.92. The van der Waals surface area contributed by atoms with Crippen LogP contribution >= 0.6 is 11.3 Å². The van der Waals surface area contributed by atoms with Gasteiger partial charge in [-0.2, -0.15) is 0 Å². The van der Waals surface area contributed by atoms with Crippen molar-refractivity contribution >= 4 is 11.3 Å². The standard InChI is InChI=1S/C8H9N3OS/c12-8(7-4-13-6-10-7)3-11-2-1-9-5-11/h1-2,4-6,8,12H,3H2. The number of thiazole rings is 1. The molecule has 2 rings (SSSR count). The van der Waals surface area contributed by atoms with E-state index in [-0.39, 0.29) is 0 Å². The molecule has 13 heavy (non-hydrogen) atoms. The van der Waals surface area contributed by atoms with Crippen LogP contribution in [0.5, 0.6) is 0 Å². The van der Waals surface area contributed by atoms with E-state index in [1.807, 2.05) is 16.1 Å². The fraction of sp³-hybridized carbons (Fsp3) is 0.250. The topological polar surface area (TPSA) is 50.9 Å². The molecule has 0 aromatic carbocycles. The average molecular weight is 195 g/mol. The van der Waals surface area contributed by atoms with Crippen LogP contribution in [0.4, 0.5) is 0 Å². The number of imidazole rings is 1. The molecule has 0 aliphatic heterocycles. The number of nitrogens with zero attached hydrogens (tertiary/aromatic N) is 3. The second-order valence-corrected chi connectivity index (χ2v) is 3.41. The third-order valence-corrected chi connectivity index (χ3v) is 2.34. The maximum atomic E-state index is 9.68. The number of aliphatic hydroxyl groups excluding tert-OH is 1. The van der Waals surface area contributed by atoms with Crippen molar-refractivity contribution < 1.29 is 5.11 Å². The molecule has 0 radical (unpaired) electrons. The van der Waals surface area contributed by atoms with Crippen molar-refractivity contribution in [2.75, 3.05) is 0 Å². The largest absolute Gasteiger partial charge is 0.385 e. The number of rotatable bonds is 3. The van der Waals surface area contributed by atoms with Gasteiger partial charge in [-0.3, -0.25) is 0 Å². The van der Waals surface area contributed by atoms with Crippen LogP contribution < -0.4 is 0 Å². The Morgan fingerprint density at radius 1 is 1.62 bits per heavy atom. The molecule has 1 unspecified atom stereocenters. The van der Waals surface area contributed by atoms with Crippen LogP contribution in [0.1, 0.15) is 11.8 Å². The first kappa shape index (κ1) is 8.40. The molecule has 2 aromatic rings. The van der Waals surface area contributed by atoms with Crippen LogP contribution in [0.2, 0.25) is 0 Å². The lowest BCUT2D eigenvalue weighted by Crippen LogP contribution is -2.07. The quantitative estimate of drug-likeness (QED) is 0.797. The minimum Gasteiger partial charge on any atom is -0.385 e. The maximum Gasteiger partial charge on any atom is 0.115 e. The Morgan fingerprint density at radius 3 is 3.15 bits per heavy atom. The third-order valence-electron chi connectivity index (χ3n) is 1.74. The summed E-state index contributed by atoms with van der Waals surface area (Å²) in [5.74, 6) is 0. The van der Waals surface area contributed by atoms with E-state index >= 15 is 0 Å². The molecule has 2 heterocycles. The summed E-state index contributed by atoms with van der Waals surface area (Å²) in [5, 5.41) is 11.5. The molecule has 5 heteroatoms. The van der Waals surface area contributed by atoms with Gasteiger partial charge in [-0.15, -0.1) is 11.3 Å². The zero-order chi connectivity index (χ0) is 9.10. The van der Waals surface area contributed by atoms with Crippen molar-refractivity contribution in [2.24, 2.45) is 0 Å². The van der Waals surface area contributed by atoms with Gasteiger partial charge in [0.15, 0.2) is 0 Å². The first-order valence-electron chi connectivity index (χ1n) is 3.88. The summed E-state index contributed by atoms with van der Waals surface area (Å²) in [6, 6.07) is 0. The van der Waals surface area contributed by atoms with Crippen molar-refractivity contribution in [1.29, 1.82) is 0 Å². The summed E-state index contributed by atoms with van der Waals surface area (Å²) in [6.45, 7) is 0.504. The van der Waals surface area contributed by atoms with Crippen LogP contribution in [-0.2, 0) is 6.54 Å². The van der Waals surface area contributed by atoms with Crippen LogP contribution in [0.25, 0.3) is 0 Å². The Morgan fingerprint density at radius 2 is 2.54 bits per heavy atom. The van der Waals surface area contributed by atoms with Gasteiger partial charge < -0.3 is 9.67 Å². The Balaban J connectivity index is 2.04. The van der Waals surface area contributed by atoms with E-state index in [4.69, 9.17) is 0 Å². The zero-order valence-corrected chi connectivity index (χ0v) is 7.68. The summed E-state index contributed by atoms with van der Waals surface area (Å²) >= 11 is 1.48. The highest BCUT2D eigenvalue weighted by atomic mass is 32.1. The van der Waals surface area contributed by atoms with Crippen molar-refractivity contribution in [3.8, 4) is 0 Å². The minimum atomic E-state index is -0.541. The summed E-state index contributed by atoms with van der Waals surface area (Å²) in [5.41, 5.74) is 2.44. The Kier molecular flexibility index (Phi) is 2.37. The molecule has 2 aromatic heterocycles. The van der Waals surface area contributed by atoms with E-state index in [9.17, 15) is 5.11 Å². The molecular weight excluding hydrogens is 186 g/mol. The predicted molar refractivity (Wildman–Crippen MR) is 49.3 cm³/mol. The highest BCUT2D eigenvalue weighted by molar-refractivity contribution is 7.07. The van der Waals surface area contributed by atoms with Crippen LogP contribution in [0.3, 0.4) is 0 Å². The average Bonchev–Trinajstić information content (AvgIpc) is 2.74. The zero-order valence-electron chi connectivity index (χ0n) is 6.87. The highest BCUT2D eigenvalue weighted by Gasteiger charge is 2.09. The molecule has 1 atom stereocenters. The van der Waals surface area contributed by atoms with E-state index in [2.05, 4.69) is 9.97 Å². The molecule has 0 spiro atoms. The maximum absolute atomic E-state index is 9.68. The highest BCUT2D eigenvalue weighted by Crippen LogP contribution is 2.14. The monoisotopic (exact) mass is 195 g/mol. The third kappa shape index (κ3) is 1.93.